The lowest BCUT2D eigenvalue weighted by Gasteiger charge is -2.30. The van der Waals surface area contributed by atoms with Gasteiger partial charge in [0.05, 0.1) is 12.1 Å². The Morgan fingerprint density at radius 2 is 1.79 bits per heavy atom. The minimum atomic E-state index is -4.93. The average Bonchev–Trinajstić information content (AvgIpc) is 3.38. The molecule has 1 aromatic rings. The Bertz CT molecular complexity index is 737. The maximum atomic E-state index is 13.9. The van der Waals surface area contributed by atoms with Gasteiger partial charge in [0, 0.05) is 12.8 Å². The van der Waals surface area contributed by atoms with Crippen molar-refractivity contribution >= 4 is 5.91 Å². The van der Waals surface area contributed by atoms with Crippen molar-refractivity contribution in [3.63, 3.8) is 0 Å². The van der Waals surface area contributed by atoms with E-state index in [0.29, 0.717) is 12.8 Å². The number of nitrogens with one attached hydrogen (secondary N) is 2. The lowest BCUT2D eigenvalue weighted by molar-refractivity contribution is -0.163. The van der Waals surface area contributed by atoms with E-state index in [-0.39, 0.29) is 0 Å². The fourth-order valence-electron chi connectivity index (χ4n) is 2.62. The number of carbonyl (C=O) groups excluding carboxylic acids is 1. The van der Waals surface area contributed by atoms with Gasteiger partial charge < -0.3 is 5.32 Å². The van der Waals surface area contributed by atoms with Crippen LogP contribution in [0.1, 0.15) is 44.2 Å². The van der Waals surface area contributed by atoms with Gasteiger partial charge in [-0.3, -0.25) is 10.1 Å². The molecular weight excluding hydrogens is 388 g/mol. The van der Waals surface area contributed by atoms with Crippen LogP contribution in [0, 0.1) is 17.1 Å². The van der Waals surface area contributed by atoms with Crippen LogP contribution in [0.5, 0.6) is 0 Å². The first-order valence-electron chi connectivity index (χ1n) is 8.61. The van der Waals surface area contributed by atoms with Gasteiger partial charge in [-0.05, 0) is 30.5 Å². The fraction of sp³-hybridized carbons (Fsp3) is 0.556. The molecule has 0 aliphatic heterocycles. The van der Waals surface area contributed by atoms with Crippen LogP contribution in [0.25, 0.3) is 0 Å². The molecule has 1 aliphatic rings. The SMILES string of the molecule is CCC(F)(F)CC(N[C@@H](c1ccc(F)cc1)C(F)(F)F)C(=O)NC1(C#N)CC1. The molecule has 2 atom stereocenters. The highest BCUT2D eigenvalue weighted by atomic mass is 19.4. The standard InChI is InChI=1S/C18H19F6N3O/c1-2-17(20,21)9-13(15(28)27-16(10-25)7-8-16)26-14(18(22,23)24)11-3-5-12(19)6-4-11/h3-6,13-14,26H,2,7-9H2,1H3,(H,27,28)/t13?,14-/m0/s1. The molecule has 0 spiro atoms. The Morgan fingerprint density at radius 1 is 1.21 bits per heavy atom. The molecule has 2 N–H and O–H groups in total. The van der Waals surface area contributed by atoms with Crippen LogP contribution < -0.4 is 10.6 Å². The van der Waals surface area contributed by atoms with E-state index in [1.807, 2.05) is 11.4 Å². The Hall–Kier alpha value is -2.28. The molecule has 0 radical (unpaired) electrons. The molecule has 10 heteroatoms. The van der Waals surface area contributed by atoms with E-state index in [9.17, 15) is 31.1 Å². The third-order valence-corrected chi connectivity index (χ3v) is 4.56. The van der Waals surface area contributed by atoms with Gasteiger partial charge in [-0.25, -0.2) is 13.2 Å². The van der Waals surface area contributed by atoms with E-state index in [1.54, 1.807) is 0 Å². The predicted molar refractivity (Wildman–Crippen MR) is 87.7 cm³/mol. The van der Waals surface area contributed by atoms with Gasteiger partial charge in [-0.15, -0.1) is 0 Å². The largest absolute Gasteiger partial charge is 0.407 e. The summed E-state index contributed by atoms with van der Waals surface area (Å²) in [5, 5.41) is 13.2. The van der Waals surface area contributed by atoms with E-state index in [4.69, 9.17) is 5.26 Å². The van der Waals surface area contributed by atoms with Crippen LogP contribution in [-0.2, 0) is 4.79 Å². The van der Waals surface area contributed by atoms with Crippen molar-refractivity contribution in [2.45, 2.75) is 62.3 Å². The molecule has 1 saturated carbocycles. The van der Waals surface area contributed by atoms with Gasteiger partial charge in [0.2, 0.25) is 11.8 Å². The summed E-state index contributed by atoms with van der Waals surface area (Å²) >= 11 is 0. The predicted octanol–water partition coefficient (Wildman–Crippen LogP) is 4.00. The maximum absolute atomic E-state index is 13.9. The summed E-state index contributed by atoms with van der Waals surface area (Å²) in [5.74, 6) is -5.26. The second-order valence-corrected chi connectivity index (χ2v) is 6.84. The number of amides is 1. The van der Waals surface area contributed by atoms with Gasteiger partial charge >= 0.3 is 6.18 Å². The monoisotopic (exact) mass is 407 g/mol. The topological polar surface area (TPSA) is 64.9 Å². The minimum absolute atomic E-state index is 0.298. The molecular formula is C18H19F6N3O. The number of benzene rings is 1. The van der Waals surface area contributed by atoms with E-state index in [2.05, 4.69) is 5.32 Å². The molecule has 1 fully saturated rings. The van der Waals surface area contributed by atoms with Crippen LogP contribution in [-0.4, -0.2) is 29.6 Å². The Labute approximate surface area is 157 Å². The fourth-order valence-corrected chi connectivity index (χ4v) is 2.62. The molecule has 0 heterocycles. The first kappa shape index (κ1) is 22.0. The van der Waals surface area contributed by atoms with Crippen LogP contribution in [0.15, 0.2) is 24.3 Å². The summed E-state index contributed by atoms with van der Waals surface area (Å²) in [6.07, 6.45) is -6.18. The Kier molecular flexibility index (Phi) is 6.28. The van der Waals surface area contributed by atoms with Crippen molar-refractivity contribution < 1.29 is 31.1 Å². The summed E-state index contributed by atoms with van der Waals surface area (Å²) in [6, 6.07) is 0.800. The molecule has 1 aliphatic carbocycles. The van der Waals surface area contributed by atoms with Crippen molar-refractivity contribution in [2.75, 3.05) is 0 Å². The lowest BCUT2D eigenvalue weighted by Crippen LogP contribution is -2.53. The minimum Gasteiger partial charge on any atom is -0.336 e. The van der Waals surface area contributed by atoms with E-state index in [0.717, 1.165) is 31.2 Å². The van der Waals surface area contributed by atoms with E-state index >= 15 is 0 Å². The zero-order valence-electron chi connectivity index (χ0n) is 14.9. The Balaban J connectivity index is 2.30. The highest BCUT2D eigenvalue weighted by Gasteiger charge is 2.49. The summed E-state index contributed by atoms with van der Waals surface area (Å²) < 4.78 is 81.4. The zero-order valence-corrected chi connectivity index (χ0v) is 14.9. The molecule has 0 aromatic heterocycles. The molecule has 28 heavy (non-hydrogen) atoms. The molecule has 1 amide bonds. The molecule has 4 nitrogen and oxygen atoms in total. The highest BCUT2D eigenvalue weighted by molar-refractivity contribution is 5.83. The molecule has 154 valence electrons. The molecule has 1 aromatic carbocycles. The van der Waals surface area contributed by atoms with Crippen LogP contribution in [0.2, 0.25) is 0 Å². The maximum Gasteiger partial charge on any atom is 0.407 e. The summed E-state index contributed by atoms with van der Waals surface area (Å²) in [4.78, 5) is 12.4. The Morgan fingerprint density at radius 3 is 2.21 bits per heavy atom. The molecule has 1 unspecified atom stereocenters. The third kappa shape index (κ3) is 5.61. The second kappa shape index (κ2) is 7.99. The normalized spacial score (nSPS) is 18.1. The number of halogens is 6. The average molecular weight is 407 g/mol. The lowest BCUT2D eigenvalue weighted by atomic mass is 10.0. The van der Waals surface area contributed by atoms with Crippen molar-refractivity contribution in [3.8, 4) is 6.07 Å². The summed E-state index contributed by atoms with van der Waals surface area (Å²) in [6.45, 7) is 1.15. The van der Waals surface area contributed by atoms with Gasteiger partial charge in [0.25, 0.3) is 0 Å². The van der Waals surface area contributed by atoms with Crippen molar-refractivity contribution in [2.24, 2.45) is 0 Å². The summed E-state index contributed by atoms with van der Waals surface area (Å²) in [5.41, 5.74) is -1.64. The van der Waals surface area contributed by atoms with E-state index < -0.39 is 59.9 Å². The molecule has 0 saturated heterocycles. The van der Waals surface area contributed by atoms with Gasteiger partial charge in [-0.1, -0.05) is 19.1 Å². The van der Waals surface area contributed by atoms with Crippen LogP contribution in [0.3, 0.4) is 0 Å². The number of carbonyl (C=O) groups is 1. The first-order valence-corrected chi connectivity index (χ1v) is 8.61. The number of nitriles is 1. The molecule has 0 bridgehead atoms. The summed E-state index contributed by atoms with van der Waals surface area (Å²) in [7, 11) is 0. The highest BCUT2D eigenvalue weighted by Crippen LogP contribution is 2.37. The van der Waals surface area contributed by atoms with Gasteiger partial charge in [-0.2, -0.15) is 18.4 Å². The van der Waals surface area contributed by atoms with Crippen molar-refractivity contribution in [1.82, 2.24) is 10.6 Å². The number of alkyl halides is 5. The van der Waals surface area contributed by atoms with Crippen molar-refractivity contribution in [1.29, 1.82) is 5.26 Å². The second-order valence-electron chi connectivity index (χ2n) is 6.84. The molecule has 2 rings (SSSR count). The zero-order chi connectivity index (χ0) is 21.2. The number of nitrogens with zero attached hydrogens (tertiary/aromatic N) is 1. The first-order chi connectivity index (χ1) is 12.9. The number of hydrogen-bond acceptors (Lipinski definition) is 3. The quantitative estimate of drug-likeness (QED) is 0.641. The van der Waals surface area contributed by atoms with Gasteiger partial charge in [0.1, 0.15) is 17.4 Å². The van der Waals surface area contributed by atoms with Crippen molar-refractivity contribution in [3.05, 3.63) is 35.6 Å². The smallest absolute Gasteiger partial charge is 0.336 e. The van der Waals surface area contributed by atoms with Crippen LogP contribution in [0.4, 0.5) is 26.3 Å². The van der Waals surface area contributed by atoms with E-state index in [1.165, 1.54) is 0 Å². The van der Waals surface area contributed by atoms with Gasteiger partial charge in [0.15, 0.2) is 0 Å². The number of rotatable bonds is 8. The third-order valence-electron chi connectivity index (χ3n) is 4.56. The van der Waals surface area contributed by atoms with Crippen LogP contribution >= 0.6 is 0 Å². The number of hydrogen-bond donors (Lipinski definition) is 2.